The number of hydrogen-bond donors (Lipinski definition) is 2. The van der Waals surface area contributed by atoms with Gasteiger partial charge >= 0.3 is 6.03 Å². The maximum Gasteiger partial charge on any atom is 0.319 e. The van der Waals surface area contributed by atoms with Crippen LogP contribution in [0.2, 0.25) is 0 Å². The second-order valence-electron chi connectivity index (χ2n) is 4.18. The van der Waals surface area contributed by atoms with Crippen LogP contribution in [0.25, 0.3) is 0 Å². The highest BCUT2D eigenvalue weighted by Gasteiger charge is 2.14. The van der Waals surface area contributed by atoms with Crippen LogP contribution >= 0.6 is 0 Å². The zero-order chi connectivity index (χ0) is 11.5. The Morgan fingerprint density at radius 3 is 2.67 bits per heavy atom. The molecule has 0 aliphatic heterocycles. The molecule has 0 atom stereocenters. The fourth-order valence-corrected chi connectivity index (χ4v) is 0.971. The molecule has 0 fully saturated rings. The molecule has 0 aliphatic carbocycles. The summed E-state index contributed by atoms with van der Waals surface area (Å²) in [7, 11) is 0. The van der Waals surface area contributed by atoms with Crippen molar-refractivity contribution in [1.82, 2.24) is 10.3 Å². The van der Waals surface area contributed by atoms with Gasteiger partial charge in [0.1, 0.15) is 0 Å². The van der Waals surface area contributed by atoms with E-state index in [1.807, 2.05) is 20.8 Å². The monoisotopic (exact) mass is 211 g/mol. The summed E-state index contributed by atoms with van der Waals surface area (Å²) in [4.78, 5) is 15.0. The number of rotatable bonds is 1. The van der Waals surface area contributed by atoms with Crippen LogP contribution in [0.3, 0.4) is 0 Å². The lowest BCUT2D eigenvalue weighted by molar-refractivity contribution is 0.243. The van der Waals surface area contributed by atoms with E-state index in [2.05, 4.69) is 15.6 Å². The minimum absolute atomic E-state index is 0.117. The largest absolute Gasteiger partial charge is 0.333 e. The Labute approximate surface area is 87.9 Å². The van der Waals surface area contributed by atoms with E-state index < -0.39 is 11.8 Å². The number of aromatic nitrogens is 1. The molecular weight excluding hydrogens is 197 g/mol. The zero-order valence-corrected chi connectivity index (χ0v) is 8.97. The summed E-state index contributed by atoms with van der Waals surface area (Å²) >= 11 is 0. The van der Waals surface area contributed by atoms with Gasteiger partial charge < -0.3 is 10.6 Å². The van der Waals surface area contributed by atoms with Crippen molar-refractivity contribution in [3.63, 3.8) is 0 Å². The highest BCUT2D eigenvalue weighted by molar-refractivity contribution is 5.89. The summed E-state index contributed by atoms with van der Waals surface area (Å²) < 4.78 is 13.1. The van der Waals surface area contributed by atoms with Crippen molar-refractivity contribution < 1.29 is 9.18 Å². The van der Waals surface area contributed by atoms with E-state index in [9.17, 15) is 9.18 Å². The summed E-state index contributed by atoms with van der Waals surface area (Å²) in [6.07, 6.45) is 2.46. The molecule has 0 unspecified atom stereocenters. The molecule has 0 aliphatic rings. The molecule has 15 heavy (non-hydrogen) atoms. The van der Waals surface area contributed by atoms with Crippen LogP contribution in [-0.2, 0) is 0 Å². The van der Waals surface area contributed by atoms with E-state index in [1.165, 1.54) is 12.3 Å². The first kappa shape index (κ1) is 11.4. The van der Waals surface area contributed by atoms with Crippen molar-refractivity contribution in [2.75, 3.05) is 5.32 Å². The fraction of sp³-hybridized carbons (Fsp3) is 0.400. The number of amides is 2. The van der Waals surface area contributed by atoms with Gasteiger partial charge in [-0.25, -0.2) is 9.18 Å². The van der Waals surface area contributed by atoms with E-state index in [4.69, 9.17) is 0 Å². The van der Waals surface area contributed by atoms with E-state index in [1.54, 1.807) is 0 Å². The third-order valence-corrected chi connectivity index (χ3v) is 1.51. The maximum absolute atomic E-state index is 13.1. The lowest BCUT2D eigenvalue weighted by Gasteiger charge is -2.20. The predicted octanol–water partition coefficient (Wildman–Crippen LogP) is 2.14. The second kappa shape index (κ2) is 4.25. The number of halogens is 1. The predicted molar refractivity (Wildman–Crippen MR) is 56.1 cm³/mol. The normalized spacial score (nSPS) is 10.9. The molecule has 0 radical (unpaired) electrons. The van der Waals surface area contributed by atoms with Gasteiger partial charge in [0.25, 0.3) is 0 Å². The fourth-order valence-electron chi connectivity index (χ4n) is 0.971. The molecule has 82 valence electrons. The average Bonchev–Trinajstić information content (AvgIpc) is 2.05. The van der Waals surface area contributed by atoms with Gasteiger partial charge in [-0.3, -0.25) is 4.98 Å². The molecule has 1 heterocycles. The summed E-state index contributed by atoms with van der Waals surface area (Å²) in [6.45, 7) is 5.53. The van der Waals surface area contributed by atoms with Crippen molar-refractivity contribution in [1.29, 1.82) is 0 Å². The van der Waals surface area contributed by atoms with Crippen LogP contribution in [0.1, 0.15) is 20.8 Å². The molecule has 2 amide bonds. The molecular formula is C10H14FN3O. The number of carbonyl (C=O) groups is 1. The Kier molecular flexibility index (Phi) is 3.24. The van der Waals surface area contributed by atoms with Gasteiger partial charge in [0.2, 0.25) is 0 Å². The topological polar surface area (TPSA) is 54.0 Å². The Morgan fingerprint density at radius 2 is 2.13 bits per heavy atom. The van der Waals surface area contributed by atoms with Crippen LogP contribution in [0.5, 0.6) is 0 Å². The minimum atomic E-state index is -0.554. The molecule has 0 saturated heterocycles. The van der Waals surface area contributed by atoms with E-state index >= 15 is 0 Å². The number of hydrogen-bond acceptors (Lipinski definition) is 2. The smallest absolute Gasteiger partial charge is 0.319 e. The summed E-state index contributed by atoms with van der Waals surface area (Å²) in [5, 5.41) is 5.06. The van der Waals surface area contributed by atoms with Crippen LogP contribution in [0.15, 0.2) is 18.5 Å². The number of anilines is 1. The van der Waals surface area contributed by atoms with Gasteiger partial charge in [-0.1, -0.05) is 0 Å². The van der Waals surface area contributed by atoms with E-state index in [0.717, 1.165) is 6.20 Å². The Hall–Kier alpha value is -1.65. The molecule has 0 aromatic carbocycles. The van der Waals surface area contributed by atoms with Gasteiger partial charge in [0.05, 0.1) is 11.9 Å². The van der Waals surface area contributed by atoms with Crippen molar-refractivity contribution >= 4 is 11.7 Å². The van der Waals surface area contributed by atoms with Gasteiger partial charge in [-0.2, -0.15) is 0 Å². The second-order valence-corrected chi connectivity index (χ2v) is 4.18. The minimum Gasteiger partial charge on any atom is -0.333 e. The van der Waals surface area contributed by atoms with Crippen molar-refractivity contribution in [3.05, 3.63) is 24.3 Å². The number of nitrogens with one attached hydrogen (secondary N) is 2. The van der Waals surface area contributed by atoms with Gasteiger partial charge in [0, 0.05) is 11.7 Å². The highest BCUT2D eigenvalue weighted by Crippen LogP contribution is 2.10. The van der Waals surface area contributed by atoms with Crippen molar-refractivity contribution in [2.24, 2.45) is 0 Å². The maximum atomic E-state index is 13.1. The van der Waals surface area contributed by atoms with Gasteiger partial charge in [0.15, 0.2) is 5.82 Å². The molecule has 0 spiro atoms. The molecule has 1 aromatic heterocycles. The third kappa shape index (κ3) is 3.93. The van der Waals surface area contributed by atoms with Crippen LogP contribution in [0, 0.1) is 5.82 Å². The van der Waals surface area contributed by atoms with E-state index in [0.29, 0.717) is 0 Å². The van der Waals surface area contributed by atoms with Gasteiger partial charge in [-0.15, -0.1) is 0 Å². The van der Waals surface area contributed by atoms with Crippen molar-refractivity contribution in [2.45, 2.75) is 26.3 Å². The number of pyridine rings is 1. The van der Waals surface area contributed by atoms with Crippen LogP contribution in [0.4, 0.5) is 14.9 Å². The lowest BCUT2D eigenvalue weighted by Crippen LogP contribution is -2.43. The molecule has 1 aromatic rings. The van der Waals surface area contributed by atoms with Gasteiger partial charge in [-0.05, 0) is 26.8 Å². The van der Waals surface area contributed by atoms with Crippen LogP contribution < -0.4 is 10.6 Å². The first-order chi connectivity index (χ1) is 6.88. The van der Waals surface area contributed by atoms with Crippen LogP contribution in [-0.4, -0.2) is 16.6 Å². The summed E-state index contributed by atoms with van der Waals surface area (Å²) in [5.74, 6) is -0.554. The Balaban J connectivity index is 2.64. The molecule has 5 heteroatoms. The third-order valence-electron chi connectivity index (χ3n) is 1.51. The zero-order valence-electron chi connectivity index (χ0n) is 8.97. The molecule has 0 saturated carbocycles. The standard InChI is InChI=1S/C10H14FN3O/c1-10(2,3)14-9(15)13-8-4-5-12-6-7(8)11/h4-6H,1-3H3,(H2,12,13,14,15). The number of carbonyl (C=O) groups excluding carboxylic acids is 1. The Bertz CT molecular complexity index is 360. The molecule has 2 N–H and O–H groups in total. The van der Waals surface area contributed by atoms with E-state index in [-0.39, 0.29) is 11.2 Å². The average molecular weight is 211 g/mol. The quantitative estimate of drug-likeness (QED) is 0.747. The first-order valence-corrected chi connectivity index (χ1v) is 4.57. The summed E-state index contributed by atoms with van der Waals surface area (Å²) in [5.41, 5.74) is -0.236. The highest BCUT2D eigenvalue weighted by atomic mass is 19.1. The molecule has 0 bridgehead atoms. The molecule has 1 rings (SSSR count). The SMILES string of the molecule is CC(C)(C)NC(=O)Nc1ccncc1F. The first-order valence-electron chi connectivity index (χ1n) is 4.57. The lowest BCUT2D eigenvalue weighted by atomic mass is 10.1. The Morgan fingerprint density at radius 1 is 1.47 bits per heavy atom. The van der Waals surface area contributed by atoms with Crippen molar-refractivity contribution in [3.8, 4) is 0 Å². The number of nitrogens with zero attached hydrogens (tertiary/aromatic N) is 1. The molecule has 4 nitrogen and oxygen atoms in total. The number of urea groups is 1. The summed E-state index contributed by atoms with van der Waals surface area (Å²) in [6, 6.07) is 0.963.